The molecule has 0 aliphatic heterocycles. The molecule has 0 fully saturated rings. The maximum Gasteiger partial charge on any atom is 0.126 e. The molecule has 1 heterocycles. The highest BCUT2D eigenvalue weighted by atomic mass is 15.1. The number of aryl methyl sites for hydroxylation is 1. The first-order valence-electron chi connectivity index (χ1n) is 7.91. The summed E-state index contributed by atoms with van der Waals surface area (Å²) in [6, 6.07) is 10.9. The average molecular weight is 285 g/mol. The molecule has 1 atom stereocenters. The van der Waals surface area contributed by atoms with Gasteiger partial charge in [-0.1, -0.05) is 51.1 Å². The molecule has 3 heteroatoms. The van der Waals surface area contributed by atoms with Crippen LogP contribution < -0.4 is 5.32 Å². The normalized spacial score (nSPS) is 13.3. The Labute approximate surface area is 128 Å². The van der Waals surface area contributed by atoms with Gasteiger partial charge in [-0.05, 0) is 25.5 Å². The molecule has 1 aromatic heterocycles. The monoisotopic (exact) mass is 285 g/mol. The van der Waals surface area contributed by atoms with Gasteiger partial charge in [0.25, 0.3) is 0 Å². The van der Waals surface area contributed by atoms with Crippen molar-refractivity contribution in [3.8, 4) is 0 Å². The average Bonchev–Trinajstić information content (AvgIpc) is 2.96. The molecular weight excluding hydrogens is 258 g/mol. The van der Waals surface area contributed by atoms with Crippen molar-refractivity contribution in [3.63, 3.8) is 0 Å². The lowest BCUT2D eigenvalue weighted by atomic mass is 9.77. The highest BCUT2D eigenvalue weighted by molar-refractivity contribution is 5.28. The molecule has 1 aromatic carbocycles. The van der Waals surface area contributed by atoms with Gasteiger partial charge in [0, 0.05) is 24.4 Å². The van der Waals surface area contributed by atoms with Crippen LogP contribution in [0.2, 0.25) is 0 Å². The van der Waals surface area contributed by atoms with E-state index in [0.29, 0.717) is 0 Å². The van der Waals surface area contributed by atoms with Gasteiger partial charge in [-0.15, -0.1) is 0 Å². The molecule has 1 unspecified atom stereocenters. The molecule has 3 nitrogen and oxygen atoms in total. The second-order valence-corrected chi connectivity index (χ2v) is 6.05. The molecule has 0 amide bonds. The van der Waals surface area contributed by atoms with Gasteiger partial charge < -0.3 is 9.88 Å². The number of aromatic nitrogens is 2. The number of hydrogen-bond acceptors (Lipinski definition) is 2. The molecule has 2 rings (SSSR count). The highest BCUT2D eigenvalue weighted by Crippen LogP contribution is 2.36. The summed E-state index contributed by atoms with van der Waals surface area (Å²) < 4.78 is 2.23. The highest BCUT2D eigenvalue weighted by Gasteiger charge is 2.34. The number of nitrogens with zero attached hydrogens (tertiary/aromatic N) is 2. The van der Waals surface area contributed by atoms with Gasteiger partial charge in [0.2, 0.25) is 0 Å². The standard InChI is InChI=1S/C18H27N3/c1-5-12-19-16(17-20-13-14-21(17)6-2)18(3,4)15-10-8-7-9-11-15/h7-11,13-14,16,19H,5-6,12H2,1-4H3. The fraction of sp³-hybridized carbons (Fsp3) is 0.500. The largest absolute Gasteiger partial charge is 0.334 e. The smallest absolute Gasteiger partial charge is 0.126 e. The summed E-state index contributed by atoms with van der Waals surface area (Å²) in [5.41, 5.74) is 1.32. The van der Waals surface area contributed by atoms with E-state index in [1.54, 1.807) is 0 Å². The Bertz CT molecular complexity index is 543. The van der Waals surface area contributed by atoms with Crippen LogP contribution in [0, 0.1) is 0 Å². The third-order valence-corrected chi connectivity index (χ3v) is 4.18. The molecule has 2 aromatic rings. The number of benzene rings is 1. The second kappa shape index (κ2) is 6.90. The predicted octanol–water partition coefficient (Wildman–Crippen LogP) is 3.92. The summed E-state index contributed by atoms with van der Waals surface area (Å²) >= 11 is 0. The summed E-state index contributed by atoms with van der Waals surface area (Å²) in [7, 11) is 0. The minimum absolute atomic E-state index is 0.0191. The van der Waals surface area contributed by atoms with E-state index in [0.717, 1.165) is 25.3 Å². The Balaban J connectivity index is 2.40. The molecular formula is C18H27N3. The summed E-state index contributed by atoms with van der Waals surface area (Å²) in [5, 5.41) is 3.70. The first kappa shape index (κ1) is 15.8. The zero-order valence-electron chi connectivity index (χ0n) is 13.6. The Morgan fingerprint density at radius 3 is 2.52 bits per heavy atom. The van der Waals surface area contributed by atoms with E-state index in [2.05, 4.69) is 79.1 Å². The first-order chi connectivity index (χ1) is 10.1. The van der Waals surface area contributed by atoms with E-state index in [9.17, 15) is 0 Å². The minimum Gasteiger partial charge on any atom is -0.334 e. The van der Waals surface area contributed by atoms with Crippen molar-refractivity contribution in [1.29, 1.82) is 0 Å². The van der Waals surface area contributed by atoms with Gasteiger partial charge in [-0.3, -0.25) is 0 Å². The van der Waals surface area contributed by atoms with Crippen LogP contribution in [-0.4, -0.2) is 16.1 Å². The van der Waals surface area contributed by atoms with Crippen LogP contribution in [-0.2, 0) is 12.0 Å². The number of imidazole rings is 1. The summed E-state index contributed by atoms with van der Waals surface area (Å²) in [6.07, 6.45) is 5.09. The molecule has 0 aliphatic rings. The minimum atomic E-state index is -0.0191. The van der Waals surface area contributed by atoms with Crippen molar-refractivity contribution >= 4 is 0 Å². The van der Waals surface area contributed by atoms with E-state index in [1.807, 2.05) is 6.20 Å². The van der Waals surface area contributed by atoms with Crippen molar-refractivity contribution in [1.82, 2.24) is 14.9 Å². The Morgan fingerprint density at radius 2 is 1.90 bits per heavy atom. The van der Waals surface area contributed by atoms with Crippen LogP contribution in [0.1, 0.15) is 51.5 Å². The molecule has 1 N–H and O–H groups in total. The van der Waals surface area contributed by atoms with E-state index in [-0.39, 0.29) is 11.5 Å². The lowest BCUT2D eigenvalue weighted by molar-refractivity contribution is 0.325. The molecule has 21 heavy (non-hydrogen) atoms. The van der Waals surface area contributed by atoms with Crippen LogP contribution in [0.3, 0.4) is 0 Å². The van der Waals surface area contributed by atoms with Gasteiger partial charge in [-0.25, -0.2) is 4.98 Å². The Morgan fingerprint density at radius 1 is 1.19 bits per heavy atom. The van der Waals surface area contributed by atoms with Crippen molar-refractivity contribution in [2.45, 2.75) is 52.1 Å². The maximum atomic E-state index is 4.63. The van der Waals surface area contributed by atoms with E-state index in [4.69, 9.17) is 0 Å². The molecule has 0 saturated heterocycles. The number of nitrogens with one attached hydrogen (secondary N) is 1. The summed E-state index contributed by atoms with van der Waals surface area (Å²) in [5.74, 6) is 1.12. The number of rotatable bonds is 7. The van der Waals surface area contributed by atoms with Crippen molar-refractivity contribution in [3.05, 3.63) is 54.1 Å². The third kappa shape index (κ3) is 3.35. The fourth-order valence-electron chi connectivity index (χ4n) is 2.84. The van der Waals surface area contributed by atoms with E-state index < -0.39 is 0 Å². The predicted molar refractivity (Wildman–Crippen MR) is 88.4 cm³/mol. The molecule has 0 saturated carbocycles. The topological polar surface area (TPSA) is 29.9 Å². The molecule has 0 spiro atoms. The van der Waals surface area contributed by atoms with E-state index in [1.165, 1.54) is 5.56 Å². The maximum absolute atomic E-state index is 4.63. The summed E-state index contributed by atoms with van der Waals surface area (Å²) in [4.78, 5) is 4.63. The van der Waals surface area contributed by atoms with Crippen LogP contribution in [0.25, 0.3) is 0 Å². The van der Waals surface area contributed by atoms with Crippen LogP contribution in [0.4, 0.5) is 0 Å². The third-order valence-electron chi connectivity index (χ3n) is 4.18. The van der Waals surface area contributed by atoms with Gasteiger partial charge >= 0.3 is 0 Å². The zero-order chi connectivity index (χ0) is 15.3. The van der Waals surface area contributed by atoms with Crippen molar-refractivity contribution in [2.24, 2.45) is 0 Å². The van der Waals surface area contributed by atoms with Gasteiger partial charge in [0.1, 0.15) is 5.82 Å². The van der Waals surface area contributed by atoms with Gasteiger partial charge in [0.15, 0.2) is 0 Å². The summed E-state index contributed by atoms with van der Waals surface area (Å²) in [6.45, 7) is 10.9. The van der Waals surface area contributed by atoms with E-state index >= 15 is 0 Å². The van der Waals surface area contributed by atoms with Crippen molar-refractivity contribution in [2.75, 3.05) is 6.54 Å². The molecule has 0 radical (unpaired) electrons. The van der Waals surface area contributed by atoms with Crippen LogP contribution in [0.5, 0.6) is 0 Å². The molecule has 114 valence electrons. The number of hydrogen-bond donors (Lipinski definition) is 1. The zero-order valence-corrected chi connectivity index (χ0v) is 13.6. The SMILES string of the molecule is CCCNC(c1nccn1CC)C(C)(C)c1ccccc1. The van der Waals surface area contributed by atoms with Crippen LogP contribution >= 0.6 is 0 Å². The van der Waals surface area contributed by atoms with Gasteiger partial charge in [-0.2, -0.15) is 0 Å². The lowest BCUT2D eigenvalue weighted by Gasteiger charge is -2.35. The first-order valence-corrected chi connectivity index (χ1v) is 7.91. The second-order valence-electron chi connectivity index (χ2n) is 6.05. The van der Waals surface area contributed by atoms with Gasteiger partial charge in [0.05, 0.1) is 6.04 Å². The Kier molecular flexibility index (Phi) is 5.18. The molecule has 0 bridgehead atoms. The van der Waals surface area contributed by atoms with Crippen LogP contribution in [0.15, 0.2) is 42.7 Å². The lowest BCUT2D eigenvalue weighted by Crippen LogP contribution is -2.39. The Hall–Kier alpha value is -1.61. The quantitative estimate of drug-likeness (QED) is 0.835. The molecule has 0 aliphatic carbocycles. The van der Waals surface area contributed by atoms with Crippen molar-refractivity contribution < 1.29 is 0 Å². The fourth-order valence-corrected chi connectivity index (χ4v) is 2.84.